The van der Waals surface area contributed by atoms with E-state index in [1.807, 2.05) is 0 Å². The van der Waals surface area contributed by atoms with E-state index in [0.717, 1.165) is 0 Å². The van der Waals surface area contributed by atoms with Gasteiger partial charge in [0.05, 0.1) is 7.11 Å². The van der Waals surface area contributed by atoms with Crippen LogP contribution in [-0.4, -0.2) is 35.8 Å². The van der Waals surface area contributed by atoms with Gasteiger partial charge in [0.15, 0.2) is 5.78 Å². The van der Waals surface area contributed by atoms with Crippen LogP contribution < -0.4 is 9.47 Å². The van der Waals surface area contributed by atoms with Crippen LogP contribution >= 0.6 is 0 Å². The first-order valence-corrected chi connectivity index (χ1v) is 5.82. The molecule has 0 radical (unpaired) electrons. The minimum Gasteiger partial charge on any atom is -0.507 e. The van der Waals surface area contributed by atoms with Crippen LogP contribution in [0.3, 0.4) is 0 Å². The second kappa shape index (κ2) is 4.86. The van der Waals surface area contributed by atoms with Crippen molar-refractivity contribution >= 4 is 5.78 Å². The Kier molecular flexibility index (Phi) is 3.43. The van der Waals surface area contributed by atoms with E-state index in [1.54, 1.807) is 13.0 Å². The van der Waals surface area contributed by atoms with Crippen LogP contribution in [0.4, 0.5) is 0 Å². The maximum atomic E-state index is 11.9. The summed E-state index contributed by atoms with van der Waals surface area (Å²) in [5, 5.41) is 19.1. The van der Waals surface area contributed by atoms with Gasteiger partial charge in [0.1, 0.15) is 28.9 Å². The Hall–Kier alpha value is -1.75. The Morgan fingerprint density at radius 3 is 2.89 bits per heavy atom. The lowest BCUT2D eigenvalue weighted by molar-refractivity contribution is 0.0865. The number of methoxy groups -OCH3 is 1. The molecule has 1 aromatic rings. The lowest BCUT2D eigenvalue weighted by Gasteiger charge is -2.25. The van der Waals surface area contributed by atoms with E-state index in [0.29, 0.717) is 17.1 Å². The molecule has 0 spiro atoms. The van der Waals surface area contributed by atoms with Crippen molar-refractivity contribution in [1.82, 2.24) is 0 Å². The van der Waals surface area contributed by atoms with Gasteiger partial charge in [-0.15, -0.1) is 0 Å². The van der Waals surface area contributed by atoms with Gasteiger partial charge in [-0.2, -0.15) is 0 Å². The molecule has 0 amide bonds. The van der Waals surface area contributed by atoms with Gasteiger partial charge < -0.3 is 19.7 Å². The summed E-state index contributed by atoms with van der Waals surface area (Å²) in [7, 11) is 1.47. The number of hydrogen-bond acceptors (Lipinski definition) is 5. The second-order valence-corrected chi connectivity index (χ2v) is 4.31. The standard InChI is InChI=1S/C13H16O5/c1-7-5-9(15)12-11(18-7)6-10(17-2)8(3-4-14)13(12)16/h6-7,14,16H,3-5H2,1-2H3. The van der Waals surface area contributed by atoms with Gasteiger partial charge in [0, 0.05) is 31.1 Å². The van der Waals surface area contributed by atoms with Crippen LogP contribution in [0.5, 0.6) is 17.2 Å². The molecule has 2 N–H and O–H groups in total. The molecule has 5 heteroatoms. The summed E-state index contributed by atoms with van der Waals surface area (Å²) >= 11 is 0. The number of phenols is 1. The van der Waals surface area contributed by atoms with Crippen molar-refractivity contribution in [2.75, 3.05) is 13.7 Å². The van der Waals surface area contributed by atoms with Crippen molar-refractivity contribution in [2.45, 2.75) is 25.9 Å². The maximum Gasteiger partial charge on any atom is 0.174 e. The predicted octanol–water partition coefficient (Wildman–Crippen LogP) is 1.29. The third kappa shape index (κ3) is 2.01. The first kappa shape index (κ1) is 12.7. The Morgan fingerprint density at radius 1 is 1.56 bits per heavy atom. The minimum absolute atomic E-state index is 0.131. The van der Waals surface area contributed by atoms with E-state index in [4.69, 9.17) is 14.6 Å². The van der Waals surface area contributed by atoms with E-state index in [2.05, 4.69) is 0 Å². The lowest BCUT2D eigenvalue weighted by atomic mass is 9.96. The highest BCUT2D eigenvalue weighted by Crippen LogP contribution is 2.42. The topological polar surface area (TPSA) is 76.0 Å². The number of carbonyl (C=O) groups excluding carboxylic acids is 1. The molecule has 0 fully saturated rings. The van der Waals surface area contributed by atoms with Gasteiger partial charge in [-0.1, -0.05) is 0 Å². The summed E-state index contributed by atoms with van der Waals surface area (Å²) in [6.07, 6.45) is 0.258. The average molecular weight is 252 g/mol. The number of benzene rings is 1. The van der Waals surface area contributed by atoms with Crippen molar-refractivity contribution in [2.24, 2.45) is 0 Å². The number of aromatic hydroxyl groups is 1. The number of rotatable bonds is 3. The smallest absolute Gasteiger partial charge is 0.174 e. The highest BCUT2D eigenvalue weighted by Gasteiger charge is 2.30. The van der Waals surface area contributed by atoms with E-state index >= 15 is 0 Å². The highest BCUT2D eigenvalue weighted by atomic mass is 16.5. The van der Waals surface area contributed by atoms with E-state index in [1.165, 1.54) is 7.11 Å². The van der Waals surface area contributed by atoms with Crippen LogP contribution in [0.2, 0.25) is 0 Å². The zero-order chi connectivity index (χ0) is 13.3. The summed E-state index contributed by atoms with van der Waals surface area (Å²) in [6.45, 7) is 1.67. The first-order chi connectivity index (χ1) is 8.58. The molecule has 5 nitrogen and oxygen atoms in total. The van der Waals surface area contributed by atoms with Crippen LogP contribution in [0.15, 0.2) is 6.07 Å². The number of aliphatic hydroxyl groups excluding tert-OH is 1. The zero-order valence-corrected chi connectivity index (χ0v) is 10.4. The van der Waals surface area contributed by atoms with Crippen LogP contribution in [-0.2, 0) is 6.42 Å². The fourth-order valence-corrected chi connectivity index (χ4v) is 2.18. The third-order valence-electron chi connectivity index (χ3n) is 2.99. The number of ether oxygens (including phenoxy) is 2. The van der Waals surface area contributed by atoms with Crippen molar-refractivity contribution in [1.29, 1.82) is 0 Å². The number of aliphatic hydroxyl groups is 1. The molecule has 2 rings (SSSR count). The van der Waals surface area contributed by atoms with Gasteiger partial charge in [0.25, 0.3) is 0 Å². The van der Waals surface area contributed by atoms with Crippen LogP contribution in [0, 0.1) is 0 Å². The minimum atomic E-state index is -0.210. The largest absolute Gasteiger partial charge is 0.507 e. The highest BCUT2D eigenvalue weighted by molar-refractivity contribution is 6.03. The Bertz CT molecular complexity index is 481. The summed E-state index contributed by atoms with van der Waals surface area (Å²) in [4.78, 5) is 11.9. The molecule has 0 aliphatic carbocycles. The SMILES string of the molecule is COc1cc2c(c(O)c1CCO)C(=O)CC(C)O2. The van der Waals surface area contributed by atoms with Crippen molar-refractivity contribution in [3.63, 3.8) is 0 Å². The Balaban J connectivity index is 2.59. The summed E-state index contributed by atoms with van der Waals surface area (Å²) in [5.41, 5.74) is 0.627. The molecular formula is C13H16O5. The van der Waals surface area contributed by atoms with E-state index in [-0.39, 0.29) is 42.6 Å². The third-order valence-corrected chi connectivity index (χ3v) is 2.99. The molecule has 1 atom stereocenters. The number of Topliss-reactive ketones (excluding diaryl/α,β-unsaturated/α-hetero) is 1. The Labute approximate surface area is 105 Å². The Morgan fingerprint density at radius 2 is 2.28 bits per heavy atom. The van der Waals surface area contributed by atoms with Crippen molar-refractivity contribution in [3.8, 4) is 17.2 Å². The monoisotopic (exact) mass is 252 g/mol. The van der Waals surface area contributed by atoms with Gasteiger partial charge in [-0.05, 0) is 6.92 Å². The van der Waals surface area contributed by atoms with E-state index in [9.17, 15) is 9.90 Å². The molecule has 0 saturated heterocycles. The zero-order valence-electron chi connectivity index (χ0n) is 10.4. The van der Waals surface area contributed by atoms with Gasteiger partial charge in [-0.25, -0.2) is 0 Å². The number of hydrogen-bond donors (Lipinski definition) is 2. The predicted molar refractivity (Wildman–Crippen MR) is 64.5 cm³/mol. The molecule has 18 heavy (non-hydrogen) atoms. The number of phenolic OH excluding ortho intramolecular Hbond substituents is 1. The first-order valence-electron chi connectivity index (χ1n) is 5.82. The molecule has 1 aromatic carbocycles. The second-order valence-electron chi connectivity index (χ2n) is 4.31. The summed E-state index contributed by atoms with van der Waals surface area (Å²) < 4.78 is 10.7. The van der Waals surface area contributed by atoms with Crippen LogP contribution in [0.25, 0.3) is 0 Å². The molecule has 1 aliphatic rings. The van der Waals surface area contributed by atoms with Crippen molar-refractivity contribution < 1.29 is 24.5 Å². The number of fused-ring (bicyclic) bond motifs is 1. The molecule has 1 aliphatic heterocycles. The number of carbonyl (C=O) groups is 1. The van der Waals surface area contributed by atoms with Crippen molar-refractivity contribution in [3.05, 3.63) is 17.2 Å². The molecule has 0 bridgehead atoms. The van der Waals surface area contributed by atoms with Gasteiger partial charge in [-0.3, -0.25) is 4.79 Å². The maximum absolute atomic E-state index is 11.9. The molecule has 0 saturated carbocycles. The van der Waals surface area contributed by atoms with E-state index < -0.39 is 0 Å². The molecule has 1 unspecified atom stereocenters. The quantitative estimate of drug-likeness (QED) is 0.847. The molecule has 0 aromatic heterocycles. The average Bonchev–Trinajstić information content (AvgIpc) is 2.31. The van der Waals surface area contributed by atoms with Gasteiger partial charge >= 0.3 is 0 Å². The fraction of sp³-hybridized carbons (Fsp3) is 0.462. The number of ketones is 1. The lowest BCUT2D eigenvalue weighted by Crippen LogP contribution is -2.24. The molecule has 98 valence electrons. The summed E-state index contributed by atoms with van der Waals surface area (Å²) in [5.74, 6) is 0.468. The van der Waals surface area contributed by atoms with Gasteiger partial charge in [0.2, 0.25) is 0 Å². The molecular weight excluding hydrogens is 236 g/mol. The van der Waals surface area contributed by atoms with Crippen LogP contribution in [0.1, 0.15) is 29.3 Å². The normalized spacial score (nSPS) is 18.2. The summed E-state index contributed by atoms with van der Waals surface area (Å²) in [6, 6.07) is 1.59. The molecule has 1 heterocycles. The fourth-order valence-electron chi connectivity index (χ4n) is 2.18.